The van der Waals surface area contributed by atoms with Crippen molar-refractivity contribution in [1.82, 2.24) is 10.2 Å². The Labute approximate surface area is 145 Å². The lowest BCUT2D eigenvalue weighted by Crippen LogP contribution is -2.44. The van der Waals surface area contributed by atoms with Crippen molar-refractivity contribution in [3.05, 3.63) is 22.4 Å². The van der Waals surface area contributed by atoms with Crippen LogP contribution >= 0.6 is 11.3 Å². The maximum atomic E-state index is 12.3. The second-order valence-corrected chi connectivity index (χ2v) is 8.44. The molecule has 5 heteroatoms. The number of carbonyl (C=O) groups excluding carboxylic acids is 1. The SMILES string of the molecule is CC(C)C(NCCN(C(=O)OC(C)(C)C)C(C)C)c1cccs1. The molecule has 0 saturated heterocycles. The van der Waals surface area contributed by atoms with Crippen molar-refractivity contribution in [1.29, 1.82) is 0 Å². The van der Waals surface area contributed by atoms with Crippen LogP contribution in [0.25, 0.3) is 0 Å². The predicted molar refractivity (Wildman–Crippen MR) is 98.0 cm³/mol. The summed E-state index contributed by atoms with van der Waals surface area (Å²) < 4.78 is 5.50. The van der Waals surface area contributed by atoms with Crippen molar-refractivity contribution in [2.24, 2.45) is 5.92 Å². The Kier molecular flexibility index (Phi) is 7.55. The highest BCUT2D eigenvalue weighted by Gasteiger charge is 2.24. The normalized spacial score (nSPS) is 13.4. The van der Waals surface area contributed by atoms with E-state index in [0.29, 0.717) is 18.5 Å². The Morgan fingerprint density at radius 3 is 2.39 bits per heavy atom. The molecule has 132 valence electrons. The van der Waals surface area contributed by atoms with Gasteiger partial charge in [0.05, 0.1) is 0 Å². The number of thiophene rings is 1. The third kappa shape index (κ3) is 6.92. The third-order valence-electron chi connectivity index (χ3n) is 3.48. The van der Waals surface area contributed by atoms with Gasteiger partial charge >= 0.3 is 6.09 Å². The summed E-state index contributed by atoms with van der Waals surface area (Å²) in [4.78, 5) is 15.4. The maximum Gasteiger partial charge on any atom is 0.410 e. The standard InChI is InChI=1S/C18H32N2O2S/c1-13(2)16(15-9-8-12-23-15)19-10-11-20(14(3)4)17(21)22-18(5,6)7/h8-9,12-14,16,19H,10-11H2,1-7H3. The van der Waals surface area contributed by atoms with Crippen molar-refractivity contribution in [3.63, 3.8) is 0 Å². The molecule has 1 rings (SSSR count). The zero-order valence-corrected chi connectivity index (χ0v) is 16.4. The lowest BCUT2D eigenvalue weighted by Gasteiger charge is -2.31. The second kappa shape index (κ2) is 8.69. The van der Waals surface area contributed by atoms with Gasteiger partial charge in [0.1, 0.15) is 5.60 Å². The summed E-state index contributed by atoms with van der Waals surface area (Å²) in [7, 11) is 0. The van der Waals surface area contributed by atoms with Crippen LogP contribution in [0, 0.1) is 5.92 Å². The van der Waals surface area contributed by atoms with Crippen LogP contribution in [-0.2, 0) is 4.74 Å². The highest BCUT2D eigenvalue weighted by Crippen LogP contribution is 2.25. The van der Waals surface area contributed by atoms with E-state index in [-0.39, 0.29) is 12.1 Å². The average Bonchev–Trinajstić information content (AvgIpc) is 2.88. The Morgan fingerprint density at radius 2 is 1.96 bits per heavy atom. The minimum absolute atomic E-state index is 0.117. The number of hydrogen-bond donors (Lipinski definition) is 1. The summed E-state index contributed by atoms with van der Waals surface area (Å²) in [6.07, 6.45) is -0.244. The summed E-state index contributed by atoms with van der Waals surface area (Å²) >= 11 is 1.77. The third-order valence-corrected chi connectivity index (χ3v) is 4.44. The van der Waals surface area contributed by atoms with Crippen LogP contribution in [0.15, 0.2) is 17.5 Å². The molecule has 1 aromatic heterocycles. The minimum atomic E-state index is -0.463. The molecule has 4 nitrogen and oxygen atoms in total. The lowest BCUT2D eigenvalue weighted by molar-refractivity contribution is 0.0191. The fraction of sp³-hybridized carbons (Fsp3) is 0.722. The molecular formula is C18H32N2O2S. The van der Waals surface area contributed by atoms with Crippen LogP contribution in [0.4, 0.5) is 4.79 Å². The molecule has 1 amide bonds. The summed E-state index contributed by atoms with van der Waals surface area (Å²) in [5.41, 5.74) is -0.463. The molecule has 0 aliphatic rings. The molecule has 0 aromatic carbocycles. The average molecular weight is 341 g/mol. The first-order valence-corrected chi connectivity index (χ1v) is 9.26. The number of ether oxygens (including phenoxy) is 1. The number of nitrogens with one attached hydrogen (secondary N) is 1. The Balaban J connectivity index is 2.60. The van der Waals surface area contributed by atoms with Gasteiger partial charge in [-0.15, -0.1) is 11.3 Å². The first-order chi connectivity index (χ1) is 10.6. The molecule has 23 heavy (non-hydrogen) atoms. The van der Waals surface area contributed by atoms with Crippen LogP contribution in [0.1, 0.15) is 59.4 Å². The van der Waals surface area contributed by atoms with Crippen LogP contribution in [0.5, 0.6) is 0 Å². The van der Waals surface area contributed by atoms with E-state index in [1.807, 2.05) is 34.6 Å². The summed E-state index contributed by atoms with van der Waals surface area (Å²) in [6, 6.07) is 4.68. The molecule has 0 fully saturated rings. The fourth-order valence-corrected chi connectivity index (χ4v) is 3.33. The highest BCUT2D eigenvalue weighted by atomic mass is 32.1. The number of nitrogens with zero attached hydrogens (tertiary/aromatic N) is 1. The first-order valence-electron chi connectivity index (χ1n) is 8.38. The molecular weight excluding hydrogens is 308 g/mol. The van der Waals surface area contributed by atoms with Crippen LogP contribution in [0.2, 0.25) is 0 Å². The van der Waals surface area contributed by atoms with Crippen molar-refractivity contribution < 1.29 is 9.53 Å². The van der Waals surface area contributed by atoms with E-state index in [2.05, 4.69) is 36.7 Å². The molecule has 1 unspecified atom stereocenters. The van der Waals surface area contributed by atoms with Gasteiger partial charge in [0.25, 0.3) is 0 Å². The van der Waals surface area contributed by atoms with Crippen molar-refractivity contribution in [2.75, 3.05) is 13.1 Å². The molecule has 0 saturated carbocycles. The number of carbonyl (C=O) groups is 1. The molecule has 0 radical (unpaired) electrons. The summed E-state index contributed by atoms with van der Waals surface area (Å²) in [5.74, 6) is 0.502. The van der Waals surface area contributed by atoms with Crippen LogP contribution in [-0.4, -0.2) is 35.7 Å². The first kappa shape index (κ1) is 20.0. The minimum Gasteiger partial charge on any atom is -0.444 e. The number of hydrogen-bond acceptors (Lipinski definition) is 4. The lowest BCUT2D eigenvalue weighted by atomic mass is 10.0. The predicted octanol–water partition coefficient (Wildman–Crippen LogP) is 4.68. The Bertz CT molecular complexity index is 464. The van der Waals surface area contributed by atoms with Gasteiger partial charge in [-0.1, -0.05) is 19.9 Å². The van der Waals surface area contributed by atoms with Gasteiger partial charge in [-0.05, 0) is 52.0 Å². The molecule has 1 aromatic rings. The second-order valence-electron chi connectivity index (χ2n) is 7.46. The van der Waals surface area contributed by atoms with E-state index < -0.39 is 5.60 Å². The van der Waals surface area contributed by atoms with Gasteiger partial charge in [0.15, 0.2) is 0 Å². The number of rotatable bonds is 7. The van der Waals surface area contributed by atoms with Gasteiger partial charge < -0.3 is 15.0 Å². The fourth-order valence-electron chi connectivity index (χ4n) is 2.35. The van der Waals surface area contributed by atoms with Crippen LogP contribution in [0.3, 0.4) is 0 Å². The summed E-state index contributed by atoms with van der Waals surface area (Å²) in [5, 5.41) is 5.69. The van der Waals surface area contributed by atoms with Gasteiger partial charge in [-0.3, -0.25) is 0 Å². The molecule has 0 aliphatic heterocycles. The Hall–Kier alpha value is -1.07. The van der Waals surface area contributed by atoms with Gasteiger partial charge in [0, 0.05) is 30.1 Å². The molecule has 1 heterocycles. The van der Waals surface area contributed by atoms with E-state index in [1.165, 1.54) is 4.88 Å². The molecule has 1 atom stereocenters. The van der Waals surface area contributed by atoms with E-state index >= 15 is 0 Å². The molecule has 0 aliphatic carbocycles. The van der Waals surface area contributed by atoms with E-state index in [4.69, 9.17) is 4.74 Å². The monoisotopic (exact) mass is 340 g/mol. The van der Waals surface area contributed by atoms with Gasteiger partial charge in [-0.25, -0.2) is 4.79 Å². The largest absolute Gasteiger partial charge is 0.444 e. The topological polar surface area (TPSA) is 41.6 Å². The number of amides is 1. The van der Waals surface area contributed by atoms with Crippen molar-refractivity contribution in [3.8, 4) is 0 Å². The van der Waals surface area contributed by atoms with E-state index in [0.717, 1.165) is 6.54 Å². The Morgan fingerprint density at radius 1 is 1.30 bits per heavy atom. The summed E-state index contributed by atoms with van der Waals surface area (Å²) in [6.45, 7) is 15.5. The molecule has 0 bridgehead atoms. The smallest absolute Gasteiger partial charge is 0.410 e. The maximum absolute atomic E-state index is 12.3. The molecule has 0 spiro atoms. The highest BCUT2D eigenvalue weighted by molar-refractivity contribution is 7.10. The van der Waals surface area contributed by atoms with Gasteiger partial charge in [0.2, 0.25) is 0 Å². The zero-order valence-electron chi connectivity index (χ0n) is 15.6. The zero-order chi connectivity index (χ0) is 17.6. The molecule has 1 N–H and O–H groups in total. The van der Waals surface area contributed by atoms with Crippen molar-refractivity contribution >= 4 is 17.4 Å². The van der Waals surface area contributed by atoms with Crippen LogP contribution < -0.4 is 5.32 Å². The van der Waals surface area contributed by atoms with Crippen molar-refractivity contribution in [2.45, 2.75) is 66.2 Å². The van der Waals surface area contributed by atoms with E-state index in [9.17, 15) is 4.79 Å². The van der Waals surface area contributed by atoms with E-state index in [1.54, 1.807) is 16.2 Å². The quantitative estimate of drug-likeness (QED) is 0.783. The van der Waals surface area contributed by atoms with Gasteiger partial charge in [-0.2, -0.15) is 0 Å².